The molecule has 5 aromatic rings. The first-order valence-electron chi connectivity index (χ1n) is 9.86. The molecule has 0 aliphatic heterocycles. The number of phenolic OH excluding ortho intramolecular Hbond substituents is 1. The van der Waals surface area contributed by atoms with Crippen LogP contribution >= 0.6 is 33.1 Å². The summed E-state index contributed by atoms with van der Waals surface area (Å²) in [4.78, 5) is 1.28. The van der Waals surface area contributed by atoms with E-state index in [2.05, 4.69) is 83.3 Å². The van der Waals surface area contributed by atoms with Crippen molar-refractivity contribution in [2.75, 3.05) is 7.11 Å². The van der Waals surface area contributed by atoms with Crippen molar-refractivity contribution < 1.29 is 14.6 Å². The van der Waals surface area contributed by atoms with Crippen LogP contribution in [0.1, 0.15) is 5.56 Å². The lowest BCUT2D eigenvalue weighted by Gasteiger charge is -2.10. The number of benzene rings is 4. The van der Waals surface area contributed by atoms with Crippen molar-refractivity contribution in [1.82, 2.24) is 0 Å². The van der Waals surface area contributed by atoms with E-state index in [-0.39, 0.29) is 16.2 Å². The van der Waals surface area contributed by atoms with Crippen LogP contribution in [-0.4, -0.2) is 12.2 Å². The highest BCUT2D eigenvalue weighted by atomic mass is 127. The highest BCUT2D eigenvalue weighted by Crippen LogP contribution is 2.48. The van der Waals surface area contributed by atoms with Gasteiger partial charge < -0.3 is 14.6 Å². The fourth-order valence-electron chi connectivity index (χ4n) is 3.81. The Kier molecular flexibility index (Phi) is 5.46. The van der Waals surface area contributed by atoms with Gasteiger partial charge in [0, 0.05) is 33.4 Å². The quantitative estimate of drug-likeness (QED) is 0.184. The Morgan fingerprint density at radius 2 is 1.45 bits per heavy atom. The van der Waals surface area contributed by atoms with Crippen LogP contribution in [0.25, 0.3) is 25.1 Å². The Bertz CT molecular complexity index is 1340. The van der Waals surface area contributed by atoms with Crippen LogP contribution < -0.4 is 9.47 Å². The normalized spacial score (nSPS) is 11.2. The molecule has 4 aromatic carbocycles. The van der Waals surface area contributed by atoms with Gasteiger partial charge in [0.05, 0.1) is 10.7 Å². The first-order valence-corrected chi connectivity index (χ1v) is 12.2. The van der Waals surface area contributed by atoms with Crippen LogP contribution in [0.15, 0.2) is 84.9 Å². The lowest BCUT2D eigenvalue weighted by atomic mass is 10.2. The Morgan fingerprint density at radius 3 is 2.06 bits per heavy atom. The van der Waals surface area contributed by atoms with Gasteiger partial charge in [0.25, 0.3) is 0 Å². The molecule has 1 heterocycles. The number of phenols is 1. The zero-order chi connectivity index (χ0) is 21.4. The van der Waals surface area contributed by atoms with Crippen molar-refractivity contribution in [2.24, 2.45) is 0 Å². The average molecular weight is 539 g/mol. The summed E-state index contributed by atoms with van der Waals surface area (Å²) < 4.78 is 14.7. The molecule has 0 aliphatic carbocycles. The molecule has 3 nitrogen and oxygen atoms in total. The van der Waals surface area contributed by atoms with E-state index >= 15 is 0 Å². The summed E-state index contributed by atoms with van der Waals surface area (Å²) in [5.41, 5.74) is 0.948. The molecule has 0 radical (unpaired) electrons. The van der Waals surface area contributed by atoms with Crippen LogP contribution in [-0.2, 0) is 6.61 Å². The summed E-state index contributed by atoms with van der Waals surface area (Å²) in [7, 11) is 1.45. The van der Waals surface area contributed by atoms with Crippen molar-refractivity contribution in [3.8, 4) is 22.1 Å². The third-order valence-electron chi connectivity index (χ3n) is 5.28. The highest BCUT2D eigenvalue weighted by molar-refractivity contribution is 14.1. The molecule has 31 heavy (non-hydrogen) atoms. The van der Waals surface area contributed by atoms with E-state index in [4.69, 9.17) is 9.47 Å². The second kappa shape index (κ2) is 8.40. The van der Waals surface area contributed by atoms with Gasteiger partial charge in [-0.15, -0.1) is 0 Å². The summed E-state index contributed by atoms with van der Waals surface area (Å²) in [5, 5.41) is 12.7. The van der Waals surface area contributed by atoms with Crippen molar-refractivity contribution in [3.05, 3.63) is 94.1 Å². The van der Waals surface area contributed by atoms with Gasteiger partial charge in [-0.05, 0) is 76.7 Å². The summed E-state index contributed by atoms with van der Waals surface area (Å²) >= 11 is 2.10. The number of hydrogen-bond acceptors (Lipinski definition) is 3. The van der Waals surface area contributed by atoms with Crippen LogP contribution in [0.5, 0.6) is 17.2 Å². The number of fused-ring (bicyclic) bond motifs is 3. The van der Waals surface area contributed by atoms with Gasteiger partial charge in [0.2, 0.25) is 0 Å². The monoisotopic (exact) mass is 539 g/mol. The maximum absolute atomic E-state index is 10.0. The highest BCUT2D eigenvalue weighted by Gasteiger charge is 2.22. The minimum absolute atomic E-state index is 0.0997. The van der Waals surface area contributed by atoms with Crippen LogP contribution in [0.3, 0.4) is 0 Å². The van der Waals surface area contributed by atoms with E-state index in [9.17, 15) is 5.11 Å². The molecule has 0 aliphatic rings. The minimum Gasteiger partial charge on any atom is -0.504 e. The Labute approximate surface area is 197 Å². The Hall–Kier alpha value is -2.77. The van der Waals surface area contributed by atoms with Crippen LogP contribution in [0.4, 0.5) is 0 Å². The molecule has 0 amide bonds. The first kappa shape index (κ1) is 20.2. The van der Waals surface area contributed by atoms with Crippen LogP contribution in [0.2, 0.25) is 0 Å². The molecular formula is C26H20IO3S+. The molecule has 0 bridgehead atoms. The van der Waals surface area contributed by atoms with Gasteiger partial charge in [-0.25, -0.2) is 0 Å². The predicted molar refractivity (Wildman–Crippen MR) is 137 cm³/mol. The third-order valence-corrected chi connectivity index (χ3v) is 8.43. The topological polar surface area (TPSA) is 38.7 Å². The predicted octanol–water partition coefficient (Wildman–Crippen LogP) is 7.63. The molecule has 5 rings (SSSR count). The fraction of sp³-hybridized carbons (Fsp3) is 0.0769. The second-order valence-electron chi connectivity index (χ2n) is 7.19. The molecule has 1 aromatic heterocycles. The maximum Gasteiger partial charge on any atom is 0.187 e. The molecule has 0 spiro atoms. The molecule has 0 saturated carbocycles. The molecule has 154 valence electrons. The molecule has 0 saturated heterocycles. The Balaban J connectivity index is 1.44. The van der Waals surface area contributed by atoms with Crippen LogP contribution in [0, 0.1) is 3.57 Å². The number of rotatable bonds is 5. The first-order chi connectivity index (χ1) is 15.2. The smallest absolute Gasteiger partial charge is 0.187 e. The van der Waals surface area contributed by atoms with Gasteiger partial charge in [0.15, 0.2) is 25.8 Å². The Morgan fingerprint density at radius 1 is 0.839 bits per heavy atom. The van der Waals surface area contributed by atoms with Crippen molar-refractivity contribution in [2.45, 2.75) is 6.61 Å². The van der Waals surface area contributed by atoms with E-state index < -0.39 is 0 Å². The summed E-state index contributed by atoms with van der Waals surface area (Å²) in [6.45, 7) is 0.406. The SMILES string of the molecule is COc1cc(COc2ccc(-[s+]3c4ccccc4c4ccccc43)cc2)cc(I)c1O. The number of methoxy groups -OCH3 is 1. The van der Waals surface area contributed by atoms with E-state index in [0.717, 1.165) is 14.9 Å². The number of thiophene rings is 1. The van der Waals surface area contributed by atoms with Gasteiger partial charge in [0.1, 0.15) is 12.4 Å². The average Bonchev–Trinajstić information content (AvgIpc) is 3.14. The fourth-order valence-corrected chi connectivity index (χ4v) is 6.86. The number of halogens is 1. The second-order valence-corrected chi connectivity index (χ2v) is 10.3. The molecular weight excluding hydrogens is 519 g/mol. The molecule has 1 N–H and O–H groups in total. The van der Waals surface area contributed by atoms with Gasteiger partial charge >= 0.3 is 0 Å². The lowest BCUT2D eigenvalue weighted by Crippen LogP contribution is -1.97. The zero-order valence-electron chi connectivity index (χ0n) is 16.8. The third kappa shape index (κ3) is 3.72. The standard InChI is InChI=1S/C26H19IO3S/c1-29-23-15-17(14-22(27)26(23)28)16-30-18-10-12-19(13-11-18)31-24-8-4-2-6-20(24)21-7-3-5-9-25(21)31/h2-15H,16H2,1H3/p+1. The summed E-state index contributed by atoms with van der Waals surface area (Å²) in [5.74, 6) is 1.44. The van der Waals surface area contributed by atoms with E-state index in [1.54, 1.807) is 13.2 Å². The summed E-state index contributed by atoms with van der Waals surface area (Å²) in [6, 6.07) is 29.5. The minimum atomic E-state index is -0.0997. The van der Waals surface area contributed by atoms with Gasteiger partial charge in [-0.2, -0.15) is 0 Å². The molecule has 5 heteroatoms. The summed E-state index contributed by atoms with van der Waals surface area (Å²) in [6.07, 6.45) is 0. The van der Waals surface area contributed by atoms with Gasteiger partial charge in [-0.1, -0.05) is 24.3 Å². The van der Waals surface area contributed by atoms with E-state index in [1.165, 1.54) is 25.1 Å². The van der Waals surface area contributed by atoms with Crippen molar-refractivity contribution in [1.29, 1.82) is 0 Å². The zero-order valence-corrected chi connectivity index (χ0v) is 19.8. The number of hydrogen-bond donors (Lipinski definition) is 1. The van der Waals surface area contributed by atoms with E-state index in [0.29, 0.717) is 12.4 Å². The maximum atomic E-state index is 10.0. The van der Waals surface area contributed by atoms with Crippen molar-refractivity contribution in [3.63, 3.8) is 0 Å². The lowest BCUT2D eigenvalue weighted by molar-refractivity contribution is 0.304. The largest absolute Gasteiger partial charge is 0.504 e. The van der Waals surface area contributed by atoms with Gasteiger partial charge in [-0.3, -0.25) is 0 Å². The van der Waals surface area contributed by atoms with E-state index in [1.807, 2.05) is 18.2 Å². The van der Waals surface area contributed by atoms with Crippen molar-refractivity contribution >= 4 is 53.2 Å². The molecule has 0 atom stereocenters. The number of ether oxygens (including phenoxy) is 2. The molecule has 0 unspecified atom stereocenters. The number of aromatic hydroxyl groups is 1. The molecule has 0 fully saturated rings.